The van der Waals surface area contributed by atoms with Crippen LogP contribution in [0.2, 0.25) is 0 Å². The number of aromatic nitrogens is 1. The molecule has 21 heavy (non-hydrogen) atoms. The summed E-state index contributed by atoms with van der Waals surface area (Å²) in [4.78, 5) is 15.5. The van der Waals surface area contributed by atoms with Crippen molar-refractivity contribution in [3.63, 3.8) is 0 Å². The number of H-pyrrole nitrogens is 1. The van der Waals surface area contributed by atoms with Crippen LogP contribution in [0.1, 0.15) is 12.8 Å². The molecule has 1 aromatic heterocycles. The number of benzene rings is 2. The van der Waals surface area contributed by atoms with Gasteiger partial charge in [-0.05, 0) is 37.1 Å². The van der Waals surface area contributed by atoms with Crippen LogP contribution in [0.25, 0.3) is 21.8 Å². The molecule has 1 aliphatic heterocycles. The molecular formula is C17H16N2O2. The molecule has 4 heteroatoms. The lowest BCUT2D eigenvalue weighted by atomic mass is 10.1. The van der Waals surface area contributed by atoms with Crippen molar-refractivity contribution in [2.24, 2.45) is 0 Å². The van der Waals surface area contributed by atoms with E-state index >= 15 is 0 Å². The number of hydrogen-bond acceptors (Lipinski definition) is 2. The van der Waals surface area contributed by atoms with E-state index in [0.717, 1.165) is 34.9 Å². The van der Waals surface area contributed by atoms with Gasteiger partial charge in [-0.25, -0.2) is 0 Å². The molecule has 1 amide bonds. The molecule has 1 aliphatic rings. The Labute approximate surface area is 122 Å². The molecule has 0 aliphatic carbocycles. The van der Waals surface area contributed by atoms with Crippen LogP contribution in [-0.2, 0) is 9.53 Å². The summed E-state index contributed by atoms with van der Waals surface area (Å²) >= 11 is 0. The zero-order chi connectivity index (χ0) is 14.2. The Morgan fingerprint density at radius 2 is 2.00 bits per heavy atom. The molecule has 0 radical (unpaired) electrons. The summed E-state index contributed by atoms with van der Waals surface area (Å²) in [6, 6.07) is 14.1. The quantitative estimate of drug-likeness (QED) is 0.755. The van der Waals surface area contributed by atoms with Gasteiger partial charge in [-0.2, -0.15) is 0 Å². The summed E-state index contributed by atoms with van der Waals surface area (Å²) in [5.41, 5.74) is 2.99. The van der Waals surface area contributed by atoms with Crippen LogP contribution in [0.4, 0.5) is 5.69 Å². The highest BCUT2D eigenvalue weighted by atomic mass is 16.5. The predicted octanol–water partition coefficient (Wildman–Crippen LogP) is 3.44. The number of fused-ring (bicyclic) bond motifs is 3. The molecule has 1 fully saturated rings. The number of ether oxygens (including phenoxy) is 1. The number of aromatic amines is 1. The van der Waals surface area contributed by atoms with Crippen molar-refractivity contribution in [1.82, 2.24) is 4.98 Å². The summed E-state index contributed by atoms with van der Waals surface area (Å²) < 4.78 is 5.41. The van der Waals surface area contributed by atoms with Crippen LogP contribution < -0.4 is 5.32 Å². The number of hydrogen-bond donors (Lipinski definition) is 2. The molecule has 0 saturated carbocycles. The fourth-order valence-corrected chi connectivity index (χ4v) is 2.93. The Morgan fingerprint density at radius 1 is 1.14 bits per heavy atom. The molecule has 106 valence electrons. The molecule has 0 bridgehead atoms. The van der Waals surface area contributed by atoms with Gasteiger partial charge in [-0.3, -0.25) is 4.79 Å². The summed E-state index contributed by atoms with van der Waals surface area (Å²) in [6.07, 6.45) is 1.46. The maximum Gasteiger partial charge on any atom is 0.253 e. The van der Waals surface area contributed by atoms with Crippen LogP contribution >= 0.6 is 0 Å². The van der Waals surface area contributed by atoms with E-state index in [1.807, 2.05) is 30.3 Å². The van der Waals surface area contributed by atoms with E-state index in [-0.39, 0.29) is 12.0 Å². The second-order valence-corrected chi connectivity index (χ2v) is 5.42. The second kappa shape index (κ2) is 4.90. The summed E-state index contributed by atoms with van der Waals surface area (Å²) in [7, 11) is 0. The monoisotopic (exact) mass is 280 g/mol. The van der Waals surface area contributed by atoms with Gasteiger partial charge in [0.05, 0.1) is 0 Å². The number of rotatable bonds is 2. The Bertz CT molecular complexity index is 816. The van der Waals surface area contributed by atoms with Crippen molar-refractivity contribution < 1.29 is 9.53 Å². The first-order valence-electron chi connectivity index (χ1n) is 7.24. The minimum atomic E-state index is -0.302. The molecular weight excluding hydrogens is 264 g/mol. The Kier molecular flexibility index (Phi) is 2.89. The smallest absolute Gasteiger partial charge is 0.253 e. The normalized spacial score (nSPS) is 18.4. The summed E-state index contributed by atoms with van der Waals surface area (Å²) in [5.74, 6) is -0.0494. The van der Waals surface area contributed by atoms with Gasteiger partial charge in [0.25, 0.3) is 5.91 Å². The van der Waals surface area contributed by atoms with E-state index in [9.17, 15) is 4.79 Å². The van der Waals surface area contributed by atoms with E-state index < -0.39 is 0 Å². The standard InChI is InChI=1S/C17H16N2O2/c20-17(16-6-3-9-21-16)18-11-7-8-15-13(10-11)12-4-1-2-5-14(12)19-15/h1-2,4-5,7-8,10,16,19H,3,6,9H2,(H,18,20)/t16-/m1/s1. The van der Waals surface area contributed by atoms with Gasteiger partial charge in [0, 0.05) is 34.1 Å². The number of carbonyl (C=O) groups excluding carboxylic acids is 1. The lowest BCUT2D eigenvalue weighted by Crippen LogP contribution is -2.26. The second-order valence-electron chi connectivity index (χ2n) is 5.42. The first-order valence-corrected chi connectivity index (χ1v) is 7.24. The lowest BCUT2D eigenvalue weighted by molar-refractivity contribution is -0.124. The summed E-state index contributed by atoms with van der Waals surface area (Å²) in [6.45, 7) is 0.680. The predicted molar refractivity (Wildman–Crippen MR) is 83.4 cm³/mol. The zero-order valence-corrected chi connectivity index (χ0v) is 11.6. The molecule has 0 spiro atoms. The lowest BCUT2D eigenvalue weighted by Gasteiger charge is -2.10. The molecule has 2 heterocycles. The number of amides is 1. The van der Waals surface area contributed by atoms with Gasteiger partial charge >= 0.3 is 0 Å². The number of nitrogens with one attached hydrogen (secondary N) is 2. The molecule has 3 aromatic rings. The average Bonchev–Trinajstić information content (AvgIpc) is 3.14. The highest BCUT2D eigenvalue weighted by Gasteiger charge is 2.23. The highest BCUT2D eigenvalue weighted by molar-refractivity contribution is 6.09. The van der Waals surface area contributed by atoms with Crippen molar-refractivity contribution in [1.29, 1.82) is 0 Å². The molecule has 2 aromatic carbocycles. The Hall–Kier alpha value is -2.33. The maximum atomic E-state index is 12.1. The van der Waals surface area contributed by atoms with Crippen molar-refractivity contribution >= 4 is 33.4 Å². The third kappa shape index (κ3) is 2.17. The van der Waals surface area contributed by atoms with Gasteiger partial charge < -0.3 is 15.0 Å². The summed E-state index contributed by atoms with van der Waals surface area (Å²) in [5, 5.41) is 5.24. The SMILES string of the molecule is O=C(Nc1ccc2[nH]c3ccccc3c2c1)[C@H]1CCCO1. The van der Waals surface area contributed by atoms with E-state index in [1.165, 1.54) is 5.39 Å². The molecule has 1 atom stereocenters. The van der Waals surface area contributed by atoms with E-state index in [4.69, 9.17) is 4.74 Å². The first-order chi connectivity index (χ1) is 10.3. The van der Waals surface area contributed by atoms with Crippen LogP contribution in [0.15, 0.2) is 42.5 Å². The van der Waals surface area contributed by atoms with Crippen molar-refractivity contribution in [2.45, 2.75) is 18.9 Å². The first kappa shape index (κ1) is 12.4. The van der Waals surface area contributed by atoms with Gasteiger partial charge in [0.2, 0.25) is 0 Å². The largest absolute Gasteiger partial charge is 0.368 e. The van der Waals surface area contributed by atoms with Crippen LogP contribution in [-0.4, -0.2) is 23.6 Å². The van der Waals surface area contributed by atoms with Gasteiger partial charge in [-0.15, -0.1) is 0 Å². The van der Waals surface area contributed by atoms with Crippen LogP contribution in [0, 0.1) is 0 Å². The average molecular weight is 280 g/mol. The van der Waals surface area contributed by atoms with Gasteiger partial charge in [-0.1, -0.05) is 18.2 Å². The van der Waals surface area contributed by atoms with Crippen LogP contribution in [0.5, 0.6) is 0 Å². The molecule has 1 saturated heterocycles. The van der Waals surface area contributed by atoms with E-state index in [0.29, 0.717) is 6.61 Å². The van der Waals surface area contributed by atoms with Crippen molar-refractivity contribution in [3.8, 4) is 0 Å². The van der Waals surface area contributed by atoms with E-state index in [2.05, 4.69) is 22.4 Å². The Morgan fingerprint density at radius 3 is 2.86 bits per heavy atom. The van der Waals surface area contributed by atoms with Gasteiger partial charge in [0.15, 0.2) is 0 Å². The van der Waals surface area contributed by atoms with Crippen molar-refractivity contribution in [3.05, 3.63) is 42.5 Å². The highest BCUT2D eigenvalue weighted by Crippen LogP contribution is 2.28. The number of carbonyl (C=O) groups is 1. The molecule has 2 N–H and O–H groups in total. The fourth-order valence-electron chi connectivity index (χ4n) is 2.93. The van der Waals surface area contributed by atoms with Gasteiger partial charge in [0.1, 0.15) is 6.10 Å². The van der Waals surface area contributed by atoms with E-state index in [1.54, 1.807) is 0 Å². The fraction of sp³-hybridized carbons (Fsp3) is 0.235. The van der Waals surface area contributed by atoms with Crippen molar-refractivity contribution in [2.75, 3.05) is 11.9 Å². The topological polar surface area (TPSA) is 54.1 Å². The van der Waals surface area contributed by atoms with Crippen LogP contribution in [0.3, 0.4) is 0 Å². The Balaban J connectivity index is 1.69. The molecule has 4 rings (SSSR count). The maximum absolute atomic E-state index is 12.1. The molecule has 0 unspecified atom stereocenters. The number of para-hydroxylation sites is 1. The third-order valence-corrected chi connectivity index (χ3v) is 4.00. The molecule has 4 nitrogen and oxygen atoms in total. The minimum Gasteiger partial charge on any atom is -0.368 e. The minimum absolute atomic E-state index is 0.0494. The number of anilines is 1. The third-order valence-electron chi connectivity index (χ3n) is 4.00. The zero-order valence-electron chi connectivity index (χ0n) is 11.6.